The summed E-state index contributed by atoms with van der Waals surface area (Å²) in [5.74, 6) is -0.169. The summed E-state index contributed by atoms with van der Waals surface area (Å²) in [7, 11) is 1.31. The van der Waals surface area contributed by atoms with Crippen molar-refractivity contribution in [2.45, 2.75) is 33.7 Å². The minimum Gasteiger partial charge on any atom is -0.494 e. The Morgan fingerprint density at radius 2 is 1.69 bits per heavy atom. The number of hydrogen-bond donors (Lipinski definition) is 0. The highest BCUT2D eigenvalue weighted by Gasteiger charge is 2.33. The highest BCUT2D eigenvalue weighted by molar-refractivity contribution is 7.07. The van der Waals surface area contributed by atoms with E-state index in [9.17, 15) is 14.4 Å². The number of nitrogens with zero attached hydrogens (tertiary/aromatic N) is 4. The first-order chi connectivity index (χ1) is 23.7. The fourth-order valence-electron chi connectivity index (χ4n) is 5.58. The Balaban J connectivity index is 1.51. The molecule has 6 rings (SSSR count). The van der Waals surface area contributed by atoms with Gasteiger partial charge < -0.3 is 14.2 Å². The number of fused-ring (bicyclic) bond motifs is 1. The zero-order valence-corrected chi connectivity index (χ0v) is 28.7. The maximum absolute atomic E-state index is 14.4. The zero-order chi connectivity index (χ0) is 34.7. The Morgan fingerprint density at radius 1 is 0.980 bits per heavy atom. The van der Waals surface area contributed by atoms with Crippen LogP contribution in [0.15, 0.2) is 106 Å². The third-order valence-electron chi connectivity index (χ3n) is 7.93. The normalized spacial score (nSPS) is 14.4. The topological polar surface area (TPSA) is 114 Å². The van der Waals surface area contributed by atoms with Crippen LogP contribution in [0, 0.1) is 5.92 Å². The number of thiazole rings is 1. The summed E-state index contributed by atoms with van der Waals surface area (Å²) in [4.78, 5) is 45.3. The summed E-state index contributed by atoms with van der Waals surface area (Å²) >= 11 is 1.23. The van der Waals surface area contributed by atoms with Crippen LogP contribution in [0.3, 0.4) is 0 Å². The molecule has 0 fully saturated rings. The predicted molar refractivity (Wildman–Crippen MR) is 188 cm³/mol. The van der Waals surface area contributed by atoms with Gasteiger partial charge in [0.1, 0.15) is 11.4 Å². The van der Waals surface area contributed by atoms with Crippen LogP contribution in [-0.4, -0.2) is 46.6 Å². The molecule has 0 N–H and O–H groups in total. The van der Waals surface area contributed by atoms with Gasteiger partial charge in [-0.05, 0) is 79.9 Å². The van der Waals surface area contributed by atoms with Gasteiger partial charge in [0, 0.05) is 17.3 Å². The van der Waals surface area contributed by atoms with Crippen molar-refractivity contribution in [2.75, 3.05) is 20.3 Å². The van der Waals surface area contributed by atoms with Gasteiger partial charge in [0.15, 0.2) is 4.80 Å². The van der Waals surface area contributed by atoms with Crippen molar-refractivity contribution in [1.29, 1.82) is 0 Å². The van der Waals surface area contributed by atoms with Gasteiger partial charge in [-0.1, -0.05) is 55.5 Å². The minimum atomic E-state index is -0.831. The molecular weight excluding hydrogens is 641 g/mol. The number of para-hydroxylation sites is 1. The summed E-state index contributed by atoms with van der Waals surface area (Å²) in [6.45, 7) is 8.35. The second-order valence-corrected chi connectivity index (χ2v) is 12.9. The summed E-state index contributed by atoms with van der Waals surface area (Å²) in [6, 6.07) is 23.3. The Kier molecular flexibility index (Phi) is 9.72. The SMILES string of the molecule is CCOc1ccc(-c2nn(-c3ccccc3)cc2C=c2sc3n(c2=O)C(c2ccc(C(=O)OC)cc2)C(C(=O)OCC(C)C)=C(C)N=3)cc1. The van der Waals surface area contributed by atoms with E-state index in [1.54, 1.807) is 35.9 Å². The molecule has 1 unspecified atom stereocenters. The van der Waals surface area contributed by atoms with Crippen LogP contribution < -0.4 is 19.6 Å². The van der Waals surface area contributed by atoms with E-state index >= 15 is 0 Å². The van der Waals surface area contributed by atoms with Crippen LogP contribution >= 0.6 is 11.3 Å². The molecule has 0 radical (unpaired) electrons. The lowest BCUT2D eigenvalue weighted by molar-refractivity contribution is -0.140. The number of allylic oxidation sites excluding steroid dienone is 1. The average Bonchev–Trinajstić information content (AvgIpc) is 3.67. The van der Waals surface area contributed by atoms with Gasteiger partial charge >= 0.3 is 11.9 Å². The van der Waals surface area contributed by atoms with E-state index in [1.807, 2.05) is 87.6 Å². The number of methoxy groups -OCH3 is 1. The number of benzene rings is 3. The van der Waals surface area contributed by atoms with Gasteiger partial charge in [0.05, 0.1) is 53.4 Å². The van der Waals surface area contributed by atoms with Crippen molar-refractivity contribution in [3.05, 3.63) is 133 Å². The summed E-state index contributed by atoms with van der Waals surface area (Å²) in [5, 5.41) is 4.92. The van der Waals surface area contributed by atoms with Gasteiger partial charge in [-0.2, -0.15) is 5.10 Å². The van der Waals surface area contributed by atoms with Crippen molar-refractivity contribution >= 4 is 29.4 Å². The molecule has 0 saturated carbocycles. The Bertz CT molecular complexity index is 2210. The fourth-order valence-corrected chi connectivity index (χ4v) is 6.62. The molecule has 49 heavy (non-hydrogen) atoms. The van der Waals surface area contributed by atoms with Gasteiger partial charge in [-0.25, -0.2) is 19.3 Å². The average molecular weight is 677 g/mol. The van der Waals surface area contributed by atoms with E-state index in [-0.39, 0.29) is 23.7 Å². The van der Waals surface area contributed by atoms with E-state index in [0.29, 0.717) is 38.5 Å². The summed E-state index contributed by atoms with van der Waals surface area (Å²) < 4.78 is 19.9. The van der Waals surface area contributed by atoms with E-state index in [0.717, 1.165) is 22.6 Å². The molecule has 5 aromatic rings. The second-order valence-electron chi connectivity index (χ2n) is 11.9. The van der Waals surface area contributed by atoms with E-state index < -0.39 is 18.0 Å². The summed E-state index contributed by atoms with van der Waals surface area (Å²) in [5.41, 5.74) is 4.49. The molecule has 1 aliphatic rings. The van der Waals surface area contributed by atoms with E-state index in [4.69, 9.17) is 24.3 Å². The molecule has 11 heteroatoms. The van der Waals surface area contributed by atoms with Crippen molar-refractivity contribution < 1.29 is 23.8 Å². The standard InChI is InChI=1S/C38H36N4O6S/c1-6-47-30-18-16-25(17-19-30)33-28(21-41(40-33)29-10-8-7-9-11-29)20-31-35(43)42-34(26-12-14-27(15-13-26)36(44)46-5)32(24(4)39-38(42)49-31)37(45)48-22-23(2)3/h7-21,23,34H,6,22H2,1-5H3. The van der Waals surface area contributed by atoms with Crippen LogP contribution in [0.1, 0.15) is 55.2 Å². The molecule has 0 saturated heterocycles. The molecule has 3 heterocycles. The van der Waals surface area contributed by atoms with Gasteiger partial charge in [0.25, 0.3) is 5.56 Å². The highest BCUT2D eigenvalue weighted by atomic mass is 32.1. The van der Waals surface area contributed by atoms with Crippen molar-refractivity contribution in [2.24, 2.45) is 10.9 Å². The minimum absolute atomic E-state index is 0.116. The van der Waals surface area contributed by atoms with Gasteiger partial charge in [0.2, 0.25) is 0 Å². The number of hydrogen-bond acceptors (Lipinski definition) is 9. The molecule has 10 nitrogen and oxygen atoms in total. The first kappa shape index (κ1) is 33.4. The quantitative estimate of drug-likeness (QED) is 0.180. The molecule has 0 spiro atoms. The fraction of sp³-hybridized carbons (Fsp3) is 0.237. The maximum Gasteiger partial charge on any atom is 0.338 e. The molecule has 0 aliphatic carbocycles. The molecule has 0 amide bonds. The number of aromatic nitrogens is 3. The monoisotopic (exact) mass is 676 g/mol. The van der Waals surface area contributed by atoms with Crippen LogP contribution in [0.25, 0.3) is 23.0 Å². The van der Waals surface area contributed by atoms with Crippen molar-refractivity contribution in [1.82, 2.24) is 14.3 Å². The van der Waals surface area contributed by atoms with Gasteiger partial charge in [-0.3, -0.25) is 9.36 Å². The Morgan fingerprint density at radius 3 is 2.35 bits per heavy atom. The summed E-state index contributed by atoms with van der Waals surface area (Å²) in [6.07, 6.45) is 3.71. The first-order valence-corrected chi connectivity index (χ1v) is 16.8. The predicted octanol–water partition coefficient (Wildman–Crippen LogP) is 5.47. The molecule has 1 atom stereocenters. The van der Waals surface area contributed by atoms with Crippen LogP contribution in [0.4, 0.5) is 0 Å². The lowest BCUT2D eigenvalue weighted by Gasteiger charge is -2.25. The van der Waals surface area contributed by atoms with Crippen molar-refractivity contribution in [3.8, 4) is 22.7 Å². The lowest BCUT2D eigenvalue weighted by Crippen LogP contribution is -2.40. The smallest absolute Gasteiger partial charge is 0.338 e. The first-order valence-electron chi connectivity index (χ1n) is 15.9. The molecule has 1 aliphatic heterocycles. The Labute approximate surface area is 287 Å². The zero-order valence-electron chi connectivity index (χ0n) is 27.9. The lowest BCUT2D eigenvalue weighted by atomic mass is 9.95. The van der Waals surface area contributed by atoms with E-state index in [2.05, 4.69) is 0 Å². The number of ether oxygens (including phenoxy) is 3. The third kappa shape index (κ3) is 6.88. The molecule has 0 bridgehead atoms. The molecule has 250 valence electrons. The van der Waals surface area contributed by atoms with Crippen LogP contribution in [0.2, 0.25) is 0 Å². The largest absolute Gasteiger partial charge is 0.494 e. The number of carbonyl (C=O) groups is 2. The number of rotatable bonds is 10. The van der Waals surface area contributed by atoms with Crippen LogP contribution in [-0.2, 0) is 14.3 Å². The van der Waals surface area contributed by atoms with Gasteiger partial charge in [-0.15, -0.1) is 0 Å². The molecule has 3 aromatic carbocycles. The number of carbonyl (C=O) groups excluding carboxylic acids is 2. The van der Waals surface area contributed by atoms with Crippen LogP contribution in [0.5, 0.6) is 5.75 Å². The van der Waals surface area contributed by atoms with E-state index in [1.165, 1.54) is 23.0 Å². The van der Waals surface area contributed by atoms with Crippen molar-refractivity contribution in [3.63, 3.8) is 0 Å². The molecular formula is C38H36N4O6S. The third-order valence-corrected chi connectivity index (χ3v) is 8.91. The Hall–Kier alpha value is -5.55. The molecule has 2 aromatic heterocycles. The maximum atomic E-state index is 14.4. The second kappa shape index (κ2) is 14.3. The highest BCUT2D eigenvalue weighted by Crippen LogP contribution is 2.31. The number of esters is 2.